The lowest BCUT2D eigenvalue weighted by molar-refractivity contribution is 0.0304. The number of benzene rings is 1. The van der Waals surface area contributed by atoms with E-state index in [2.05, 4.69) is 51.3 Å². The molecule has 2 atom stereocenters. The van der Waals surface area contributed by atoms with E-state index in [0.717, 1.165) is 26.2 Å². The van der Waals surface area contributed by atoms with E-state index in [1.807, 2.05) is 0 Å². The van der Waals surface area contributed by atoms with Gasteiger partial charge in [-0.05, 0) is 59.4 Å². The molecule has 2 fully saturated rings. The third-order valence-electron chi connectivity index (χ3n) is 4.15. The lowest BCUT2D eigenvalue weighted by Crippen LogP contribution is -2.42. The number of ether oxygens (including phenoxy) is 1. The first-order chi connectivity index (χ1) is 9.76. The lowest BCUT2D eigenvalue weighted by atomic mass is 10.1. The Bertz CT molecular complexity index is 454. The first kappa shape index (κ1) is 14.4. The average molecular weight is 339 g/mol. The molecule has 4 heteroatoms. The molecular formula is C16H23BrN2O. The maximum atomic E-state index is 5.91. The van der Waals surface area contributed by atoms with Crippen LogP contribution in [0.15, 0.2) is 22.7 Å². The summed E-state index contributed by atoms with van der Waals surface area (Å²) in [7, 11) is 0. The topological polar surface area (TPSA) is 24.5 Å². The van der Waals surface area contributed by atoms with Crippen LogP contribution in [0.3, 0.4) is 0 Å². The maximum Gasteiger partial charge on any atom is 0.0755 e. The Morgan fingerprint density at radius 1 is 1.30 bits per heavy atom. The quantitative estimate of drug-likeness (QED) is 0.833. The maximum absolute atomic E-state index is 5.91. The number of fused-ring (bicyclic) bond motifs is 2. The highest BCUT2D eigenvalue weighted by Gasteiger charge is 2.34. The smallest absolute Gasteiger partial charge is 0.0755 e. The van der Waals surface area contributed by atoms with Crippen molar-refractivity contribution in [2.75, 3.05) is 24.5 Å². The summed E-state index contributed by atoms with van der Waals surface area (Å²) in [5.41, 5.74) is 2.65. The van der Waals surface area contributed by atoms with E-state index in [1.54, 1.807) is 0 Å². The fourth-order valence-corrected chi connectivity index (χ4v) is 3.81. The molecule has 0 spiro atoms. The van der Waals surface area contributed by atoms with E-state index in [1.165, 1.54) is 35.0 Å². The van der Waals surface area contributed by atoms with Crippen molar-refractivity contribution in [2.45, 2.75) is 44.9 Å². The zero-order valence-electron chi connectivity index (χ0n) is 12.1. The molecule has 2 bridgehead atoms. The van der Waals surface area contributed by atoms with E-state index >= 15 is 0 Å². The molecule has 0 aromatic heterocycles. The van der Waals surface area contributed by atoms with Gasteiger partial charge in [0.2, 0.25) is 0 Å². The molecule has 20 heavy (non-hydrogen) atoms. The van der Waals surface area contributed by atoms with Gasteiger partial charge in [0.05, 0.1) is 17.9 Å². The van der Waals surface area contributed by atoms with Crippen LogP contribution >= 0.6 is 15.9 Å². The highest BCUT2D eigenvalue weighted by atomic mass is 79.9. The van der Waals surface area contributed by atoms with Gasteiger partial charge in [0, 0.05) is 24.1 Å². The van der Waals surface area contributed by atoms with Crippen LogP contribution in [-0.4, -0.2) is 31.8 Å². The van der Waals surface area contributed by atoms with Crippen LogP contribution in [0.4, 0.5) is 5.69 Å². The van der Waals surface area contributed by atoms with Crippen LogP contribution in [0.5, 0.6) is 0 Å². The van der Waals surface area contributed by atoms with E-state index < -0.39 is 0 Å². The van der Waals surface area contributed by atoms with Crippen molar-refractivity contribution in [1.29, 1.82) is 0 Å². The molecule has 2 aliphatic rings. The zero-order chi connectivity index (χ0) is 13.9. The number of anilines is 1. The Balaban J connectivity index is 1.67. The van der Waals surface area contributed by atoms with Crippen LogP contribution < -0.4 is 10.2 Å². The summed E-state index contributed by atoms with van der Waals surface area (Å²) < 4.78 is 7.11. The number of hydrogen-bond donors (Lipinski definition) is 1. The minimum atomic E-state index is 0.437. The summed E-state index contributed by atoms with van der Waals surface area (Å²) in [6.45, 7) is 6.27. The van der Waals surface area contributed by atoms with Gasteiger partial charge in [0.25, 0.3) is 0 Å². The van der Waals surface area contributed by atoms with Gasteiger partial charge in [0.1, 0.15) is 0 Å². The molecule has 1 aromatic rings. The van der Waals surface area contributed by atoms with Gasteiger partial charge in [-0.3, -0.25) is 0 Å². The zero-order valence-corrected chi connectivity index (χ0v) is 13.7. The minimum absolute atomic E-state index is 0.437. The molecule has 2 unspecified atom stereocenters. The van der Waals surface area contributed by atoms with Gasteiger partial charge >= 0.3 is 0 Å². The molecule has 0 aliphatic carbocycles. The van der Waals surface area contributed by atoms with E-state index in [9.17, 15) is 0 Å². The molecule has 0 saturated carbocycles. The summed E-state index contributed by atoms with van der Waals surface area (Å²) in [6, 6.07) is 6.73. The van der Waals surface area contributed by atoms with Gasteiger partial charge in [0.15, 0.2) is 0 Å². The van der Waals surface area contributed by atoms with Gasteiger partial charge < -0.3 is 15.0 Å². The van der Waals surface area contributed by atoms with Gasteiger partial charge in [-0.2, -0.15) is 0 Å². The molecule has 1 N–H and O–H groups in total. The van der Waals surface area contributed by atoms with E-state index in [4.69, 9.17) is 4.74 Å². The molecule has 0 amide bonds. The van der Waals surface area contributed by atoms with Crippen LogP contribution in [0.25, 0.3) is 0 Å². The van der Waals surface area contributed by atoms with Gasteiger partial charge in [-0.15, -0.1) is 0 Å². The Morgan fingerprint density at radius 3 is 2.70 bits per heavy atom. The number of rotatable bonds is 5. The number of hydrogen-bond acceptors (Lipinski definition) is 3. The second-order valence-corrected chi connectivity index (χ2v) is 6.68. The average Bonchev–Trinajstić information content (AvgIpc) is 2.78. The highest BCUT2D eigenvalue weighted by molar-refractivity contribution is 9.10. The first-order valence-electron chi connectivity index (χ1n) is 7.66. The van der Waals surface area contributed by atoms with Crippen molar-refractivity contribution in [2.24, 2.45) is 0 Å². The number of halogens is 1. The van der Waals surface area contributed by atoms with Crippen molar-refractivity contribution in [1.82, 2.24) is 5.32 Å². The highest BCUT2D eigenvalue weighted by Crippen LogP contribution is 2.33. The standard InChI is InChI=1S/C16H23BrN2O/c1-2-7-18-9-12-3-6-16(15(17)8-12)19-10-13-4-5-14(11-19)20-13/h3,6,8,13-14,18H,2,4-5,7,9-11H2,1H3. The van der Waals surface area contributed by atoms with Crippen LogP contribution in [0.2, 0.25) is 0 Å². The second kappa shape index (κ2) is 6.46. The Labute approximate surface area is 129 Å². The van der Waals surface area contributed by atoms with Crippen molar-refractivity contribution in [3.63, 3.8) is 0 Å². The summed E-state index contributed by atoms with van der Waals surface area (Å²) in [4.78, 5) is 2.47. The first-order valence-corrected chi connectivity index (χ1v) is 8.45. The van der Waals surface area contributed by atoms with Crippen molar-refractivity contribution >= 4 is 21.6 Å². The fourth-order valence-electron chi connectivity index (χ4n) is 3.14. The Morgan fingerprint density at radius 2 is 2.05 bits per heavy atom. The van der Waals surface area contributed by atoms with Gasteiger partial charge in [-0.25, -0.2) is 0 Å². The van der Waals surface area contributed by atoms with Crippen LogP contribution in [0, 0.1) is 0 Å². The molecule has 3 rings (SSSR count). The molecule has 1 aromatic carbocycles. The largest absolute Gasteiger partial charge is 0.371 e. The summed E-state index contributed by atoms with van der Waals surface area (Å²) in [6.07, 6.45) is 4.49. The molecular weight excluding hydrogens is 316 g/mol. The van der Waals surface area contributed by atoms with Crippen molar-refractivity contribution < 1.29 is 4.74 Å². The fraction of sp³-hybridized carbons (Fsp3) is 0.625. The molecule has 2 heterocycles. The van der Waals surface area contributed by atoms with Crippen molar-refractivity contribution in [3.8, 4) is 0 Å². The third-order valence-corrected chi connectivity index (χ3v) is 4.79. The third kappa shape index (κ3) is 3.18. The second-order valence-electron chi connectivity index (χ2n) is 5.82. The molecule has 3 nitrogen and oxygen atoms in total. The number of nitrogens with one attached hydrogen (secondary N) is 1. The van der Waals surface area contributed by atoms with Crippen molar-refractivity contribution in [3.05, 3.63) is 28.2 Å². The van der Waals surface area contributed by atoms with Crippen LogP contribution in [0.1, 0.15) is 31.7 Å². The normalized spacial score (nSPS) is 25.2. The number of nitrogens with zero attached hydrogens (tertiary/aromatic N) is 1. The van der Waals surface area contributed by atoms with E-state index in [-0.39, 0.29) is 0 Å². The Kier molecular flexibility index (Phi) is 4.64. The van der Waals surface area contributed by atoms with E-state index in [0.29, 0.717) is 12.2 Å². The Hall–Kier alpha value is -0.580. The summed E-state index contributed by atoms with van der Waals surface area (Å²) in [5, 5.41) is 3.45. The monoisotopic (exact) mass is 338 g/mol. The molecule has 110 valence electrons. The summed E-state index contributed by atoms with van der Waals surface area (Å²) >= 11 is 3.74. The number of morpholine rings is 1. The van der Waals surface area contributed by atoms with Crippen LogP contribution in [-0.2, 0) is 11.3 Å². The lowest BCUT2D eigenvalue weighted by Gasteiger charge is -2.34. The predicted octanol–water partition coefficient (Wildman–Crippen LogP) is 3.32. The molecule has 0 radical (unpaired) electrons. The SMILES string of the molecule is CCCNCc1ccc(N2CC3CCC(C2)O3)c(Br)c1. The summed E-state index contributed by atoms with van der Waals surface area (Å²) in [5.74, 6) is 0. The minimum Gasteiger partial charge on any atom is -0.371 e. The predicted molar refractivity (Wildman–Crippen MR) is 86.2 cm³/mol. The van der Waals surface area contributed by atoms with Gasteiger partial charge in [-0.1, -0.05) is 13.0 Å². The molecule has 2 aliphatic heterocycles. The molecule has 2 saturated heterocycles.